The third kappa shape index (κ3) is 2.96. The van der Waals surface area contributed by atoms with E-state index in [1.165, 1.54) is 20.3 Å². The Bertz CT molecular complexity index is 828. The van der Waals surface area contributed by atoms with Crippen LogP contribution < -0.4 is 9.47 Å². The van der Waals surface area contributed by atoms with E-state index in [0.717, 1.165) is 24.0 Å². The fraction of sp³-hybridized carbons (Fsp3) is 0.429. The van der Waals surface area contributed by atoms with Gasteiger partial charge in [0.1, 0.15) is 0 Å². The van der Waals surface area contributed by atoms with Crippen molar-refractivity contribution in [2.45, 2.75) is 30.8 Å². The van der Waals surface area contributed by atoms with Crippen molar-refractivity contribution in [2.24, 2.45) is 11.8 Å². The normalized spacial score (nSPS) is 28.1. The minimum Gasteiger partial charge on any atom is -0.504 e. The van der Waals surface area contributed by atoms with Crippen molar-refractivity contribution in [2.75, 3.05) is 14.2 Å². The molecule has 2 aliphatic rings. The van der Waals surface area contributed by atoms with Crippen LogP contribution >= 0.6 is 0 Å². The van der Waals surface area contributed by atoms with Crippen LogP contribution in [0.15, 0.2) is 36.4 Å². The van der Waals surface area contributed by atoms with Crippen LogP contribution in [0.3, 0.4) is 0 Å². The molecular formula is C21H24O7. The van der Waals surface area contributed by atoms with Gasteiger partial charge in [-0.05, 0) is 54.2 Å². The van der Waals surface area contributed by atoms with Gasteiger partial charge in [0.15, 0.2) is 23.0 Å². The van der Waals surface area contributed by atoms with Crippen molar-refractivity contribution in [1.29, 1.82) is 0 Å². The molecule has 4 N–H and O–H groups in total. The van der Waals surface area contributed by atoms with Crippen LogP contribution in [0, 0.1) is 11.8 Å². The number of aromatic hydroxyl groups is 2. The van der Waals surface area contributed by atoms with Gasteiger partial charge < -0.3 is 34.6 Å². The highest BCUT2D eigenvalue weighted by molar-refractivity contribution is 5.45. The molecule has 1 heterocycles. The molecule has 2 fully saturated rings. The molecule has 1 saturated heterocycles. The van der Waals surface area contributed by atoms with Gasteiger partial charge in [-0.2, -0.15) is 0 Å². The van der Waals surface area contributed by atoms with Crippen molar-refractivity contribution in [3.63, 3.8) is 0 Å². The fourth-order valence-corrected chi connectivity index (χ4v) is 4.75. The monoisotopic (exact) mass is 388 g/mol. The first-order valence-electron chi connectivity index (χ1n) is 9.22. The lowest BCUT2D eigenvalue weighted by Crippen LogP contribution is -2.37. The molecule has 1 aliphatic heterocycles. The first-order chi connectivity index (χ1) is 13.4. The van der Waals surface area contributed by atoms with Gasteiger partial charge in [0, 0.05) is 5.92 Å². The number of hydrogen-bond acceptors (Lipinski definition) is 7. The summed E-state index contributed by atoms with van der Waals surface area (Å²) in [5.41, 5.74) is 1.58. The van der Waals surface area contributed by atoms with Gasteiger partial charge in [-0.25, -0.2) is 0 Å². The predicted molar refractivity (Wildman–Crippen MR) is 99.3 cm³/mol. The minimum absolute atomic E-state index is 0.0144. The Balaban J connectivity index is 1.68. The van der Waals surface area contributed by atoms with Gasteiger partial charge in [0.2, 0.25) is 0 Å². The van der Waals surface area contributed by atoms with Crippen molar-refractivity contribution >= 4 is 0 Å². The molecule has 1 saturated carbocycles. The Kier molecular flexibility index (Phi) is 4.61. The summed E-state index contributed by atoms with van der Waals surface area (Å²) in [6, 6.07) is 9.94. The van der Waals surface area contributed by atoms with Crippen molar-refractivity contribution in [3.05, 3.63) is 47.5 Å². The van der Waals surface area contributed by atoms with E-state index < -0.39 is 18.0 Å². The van der Waals surface area contributed by atoms with Crippen LogP contribution in [0.5, 0.6) is 23.0 Å². The van der Waals surface area contributed by atoms with Crippen LogP contribution in [-0.2, 0) is 4.74 Å². The number of phenols is 2. The molecule has 7 nitrogen and oxygen atoms in total. The van der Waals surface area contributed by atoms with E-state index in [1.54, 1.807) is 30.3 Å². The summed E-state index contributed by atoms with van der Waals surface area (Å²) in [6.45, 7) is 0. The largest absolute Gasteiger partial charge is 0.504 e. The molecule has 1 aliphatic carbocycles. The van der Waals surface area contributed by atoms with Crippen molar-refractivity contribution in [3.8, 4) is 23.0 Å². The third-order valence-corrected chi connectivity index (χ3v) is 5.99. The maximum atomic E-state index is 10.7. The predicted octanol–water partition coefficient (Wildman–Crippen LogP) is 2.63. The second-order valence-corrected chi connectivity index (χ2v) is 7.43. The van der Waals surface area contributed by atoms with Gasteiger partial charge in [0.25, 0.3) is 5.97 Å². The Morgan fingerprint density at radius 1 is 0.893 bits per heavy atom. The molecule has 0 unspecified atom stereocenters. The second kappa shape index (κ2) is 6.84. The van der Waals surface area contributed by atoms with Gasteiger partial charge in [-0.1, -0.05) is 12.1 Å². The SMILES string of the molecule is COc1cc([C@H]2CC[C@H]3[C@@H]2C(O)(O)O[C@@H]3c2ccc(O)c(OC)c2)ccc1O. The Hall–Kier alpha value is -2.48. The lowest BCUT2D eigenvalue weighted by Gasteiger charge is -2.27. The molecule has 0 radical (unpaired) electrons. The number of aliphatic hydroxyl groups is 2. The van der Waals surface area contributed by atoms with Gasteiger partial charge in [0.05, 0.1) is 26.2 Å². The summed E-state index contributed by atoms with van der Waals surface area (Å²) in [7, 11) is 2.94. The number of fused-ring (bicyclic) bond motifs is 1. The van der Waals surface area contributed by atoms with Crippen LogP contribution in [0.2, 0.25) is 0 Å². The highest BCUT2D eigenvalue weighted by Crippen LogP contribution is 2.59. The van der Waals surface area contributed by atoms with E-state index in [-0.39, 0.29) is 23.3 Å². The highest BCUT2D eigenvalue weighted by Gasteiger charge is 2.60. The summed E-state index contributed by atoms with van der Waals surface area (Å²) in [5, 5.41) is 41.0. The highest BCUT2D eigenvalue weighted by atomic mass is 16.8. The van der Waals surface area contributed by atoms with Gasteiger partial charge in [-0.3, -0.25) is 0 Å². The zero-order valence-corrected chi connectivity index (χ0v) is 15.7. The summed E-state index contributed by atoms with van der Waals surface area (Å²) < 4.78 is 16.0. The van der Waals surface area contributed by atoms with Crippen LogP contribution in [0.25, 0.3) is 0 Å². The molecule has 150 valence electrons. The van der Waals surface area contributed by atoms with Crippen molar-refractivity contribution < 1.29 is 34.6 Å². The standard InChI is InChI=1S/C21H24O7/c1-26-17-9-11(3-7-15(17)22)13-5-6-14-19(13)21(24,25)28-20(14)12-4-8-16(23)18(10-12)27-2/h3-4,7-10,13-14,19-20,22-25H,5-6H2,1-2H3/t13-,14+,19-,20-/m1/s1. The first kappa shape index (κ1) is 18.9. The van der Waals surface area contributed by atoms with E-state index in [4.69, 9.17) is 14.2 Å². The quantitative estimate of drug-likeness (QED) is 0.596. The van der Waals surface area contributed by atoms with E-state index in [0.29, 0.717) is 11.5 Å². The Morgan fingerprint density at radius 2 is 1.46 bits per heavy atom. The van der Waals surface area contributed by atoms with Gasteiger partial charge >= 0.3 is 0 Å². The maximum absolute atomic E-state index is 10.7. The topological polar surface area (TPSA) is 109 Å². The van der Waals surface area contributed by atoms with Crippen molar-refractivity contribution in [1.82, 2.24) is 0 Å². The fourth-order valence-electron chi connectivity index (χ4n) is 4.75. The molecule has 28 heavy (non-hydrogen) atoms. The second-order valence-electron chi connectivity index (χ2n) is 7.43. The average molecular weight is 388 g/mol. The zero-order valence-electron chi connectivity index (χ0n) is 15.7. The summed E-state index contributed by atoms with van der Waals surface area (Å²) >= 11 is 0. The van der Waals surface area contributed by atoms with E-state index in [9.17, 15) is 20.4 Å². The smallest absolute Gasteiger partial charge is 0.282 e. The maximum Gasteiger partial charge on any atom is 0.282 e. The number of methoxy groups -OCH3 is 2. The number of benzene rings is 2. The van der Waals surface area contributed by atoms with E-state index in [2.05, 4.69) is 0 Å². The number of ether oxygens (including phenoxy) is 3. The molecule has 0 aromatic heterocycles. The molecule has 0 spiro atoms. The zero-order chi connectivity index (χ0) is 20.1. The average Bonchev–Trinajstić information content (AvgIpc) is 3.23. The molecule has 0 bridgehead atoms. The lowest BCUT2D eigenvalue weighted by atomic mass is 9.81. The summed E-state index contributed by atoms with van der Waals surface area (Å²) in [5.74, 6) is -2.38. The van der Waals surface area contributed by atoms with Crippen LogP contribution in [0.4, 0.5) is 0 Å². The van der Waals surface area contributed by atoms with E-state index in [1.807, 2.05) is 0 Å². The summed E-state index contributed by atoms with van der Waals surface area (Å²) in [6.07, 6.45) is 0.967. The van der Waals surface area contributed by atoms with Crippen LogP contribution in [0.1, 0.15) is 36.0 Å². The lowest BCUT2D eigenvalue weighted by molar-refractivity contribution is -0.348. The molecule has 7 heteroatoms. The number of rotatable bonds is 4. The third-order valence-electron chi connectivity index (χ3n) is 5.99. The number of hydrogen-bond donors (Lipinski definition) is 4. The van der Waals surface area contributed by atoms with E-state index >= 15 is 0 Å². The Labute approximate surface area is 162 Å². The van der Waals surface area contributed by atoms with Gasteiger partial charge in [-0.15, -0.1) is 0 Å². The summed E-state index contributed by atoms with van der Waals surface area (Å²) in [4.78, 5) is 0. The molecule has 0 amide bonds. The first-order valence-corrected chi connectivity index (χ1v) is 9.22. The molecule has 4 atom stereocenters. The molecule has 2 aromatic carbocycles. The molecule has 4 rings (SSSR count). The van der Waals surface area contributed by atoms with Crippen LogP contribution in [-0.4, -0.2) is 40.6 Å². The molecule has 2 aromatic rings. The Morgan fingerprint density at radius 3 is 2.07 bits per heavy atom. The molecular weight excluding hydrogens is 364 g/mol. The number of phenolic OH excluding ortho intramolecular Hbond substituents is 2. The minimum atomic E-state index is -2.28.